The topological polar surface area (TPSA) is 9.23 Å². The zero-order valence-corrected chi connectivity index (χ0v) is 14.1. The van der Waals surface area contributed by atoms with Gasteiger partial charge in [-0.15, -0.1) is 12.4 Å². The summed E-state index contributed by atoms with van der Waals surface area (Å²) in [6, 6.07) is 0. The maximum Gasteiger partial charge on any atom is -0.147 e. The molecule has 4 heteroatoms. The molecule has 0 saturated carbocycles. The molecule has 2 aliphatic rings. The molecule has 0 heterocycles. The van der Waals surface area contributed by atoms with Crippen molar-refractivity contribution >= 4 is 20.7 Å². The van der Waals surface area contributed by atoms with E-state index >= 15 is 0 Å². The summed E-state index contributed by atoms with van der Waals surface area (Å²) >= 11 is -1.61. The average molecular weight is 304 g/mol. The Hall–Kier alpha value is 0.141. The molecule has 2 aliphatic carbocycles. The summed E-state index contributed by atoms with van der Waals surface area (Å²) in [5, 5.41) is 0. The van der Waals surface area contributed by atoms with Gasteiger partial charge >= 0.3 is 106 Å². The number of rotatable bonds is 4. The molecule has 0 atom stereocenters. The van der Waals surface area contributed by atoms with Crippen molar-refractivity contribution < 1.29 is 21.3 Å². The van der Waals surface area contributed by atoms with Gasteiger partial charge in [0.2, 0.25) is 0 Å². The predicted octanol–water partition coefficient (Wildman–Crippen LogP) is 4.48. The molecule has 0 radical (unpaired) electrons. The van der Waals surface area contributed by atoms with Crippen molar-refractivity contribution in [2.24, 2.45) is 0 Å². The molecule has 2 rings (SSSR count). The van der Waals surface area contributed by atoms with E-state index in [1.165, 1.54) is 0 Å². The van der Waals surface area contributed by atoms with Crippen molar-refractivity contribution in [3.05, 3.63) is 44.2 Å². The predicted molar refractivity (Wildman–Crippen MR) is 75.4 cm³/mol. The first kappa shape index (κ1) is 15.2. The van der Waals surface area contributed by atoms with E-state index in [2.05, 4.69) is 56.1 Å². The first-order valence-corrected chi connectivity index (χ1v) is 11.4. The third-order valence-corrected chi connectivity index (χ3v) is 10.2. The van der Waals surface area contributed by atoms with Gasteiger partial charge < -0.3 is 0 Å². The van der Waals surface area contributed by atoms with Crippen LogP contribution >= 0.6 is 12.4 Å². The summed E-state index contributed by atoms with van der Waals surface area (Å²) in [6.45, 7) is 6.89. The van der Waals surface area contributed by atoms with Gasteiger partial charge in [0.05, 0.1) is 0 Å². The van der Waals surface area contributed by atoms with Gasteiger partial charge in [0, 0.05) is 0 Å². The normalized spacial score (nSPS) is 17.8. The van der Waals surface area contributed by atoms with Gasteiger partial charge in [0.15, 0.2) is 0 Å². The Balaban J connectivity index is 0.00000144. The van der Waals surface area contributed by atoms with Crippen LogP contribution in [-0.4, -0.2) is 8.32 Å². The third-order valence-electron chi connectivity index (χ3n) is 2.53. The summed E-state index contributed by atoms with van der Waals surface area (Å²) in [5.74, 6) is 0. The van der Waals surface area contributed by atoms with Gasteiger partial charge in [-0.1, -0.05) is 0 Å². The maximum atomic E-state index is 6.49. The van der Waals surface area contributed by atoms with Crippen molar-refractivity contribution in [2.75, 3.05) is 0 Å². The molecular weight excluding hydrogens is 284 g/mol. The van der Waals surface area contributed by atoms with Gasteiger partial charge in [-0.05, 0) is 0 Å². The van der Waals surface area contributed by atoms with Crippen LogP contribution in [0.25, 0.3) is 0 Å². The fourth-order valence-electron chi connectivity index (χ4n) is 1.87. The fraction of sp³-hybridized carbons (Fsp3) is 0.385. The maximum absolute atomic E-state index is 6.49. The van der Waals surface area contributed by atoms with Crippen LogP contribution in [0.3, 0.4) is 0 Å². The summed E-state index contributed by atoms with van der Waals surface area (Å²) in [6.07, 6.45) is 15.7. The number of hydrogen-bond acceptors (Lipinski definition) is 1. The molecule has 0 aromatic carbocycles. The van der Waals surface area contributed by atoms with E-state index in [0.717, 1.165) is 12.8 Å². The summed E-state index contributed by atoms with van der Waals surface area (Å²) in [7, 11) is -1.42. The van der Waals surface area contributed by atoms with E-state index in [4.69, 9.17) is 3.01 Å². The van der Waals surface area contributed by atoms with Crippen molar-refractivity contribution in [2.45, 2.75) is 32.5 Å². The number of halogens is 1. The van der Waals surface area contributed by atoms with E-state index in [9.17, 15) is 0 Å². The minimum Gasteiger partial charge on any atom is -0.147 e. The monoisotopic (exact) mass is 303 g/mol. The Kier molecular flexibility index (Phi) is 5.68. The smallest absolute Gasteiger partial charge is 0.147 e. The molecule has 0 N–H and O–H groups in total. The van der Waals surface area contributed by atoms with E-state index in [0.29, 0.717) is 0 Å². The molecule has 0 aliphatic heterocycles. The number of hydrogen-bond donors (Lipinski definition) is 0. The second-order valence-electron chi connectivity index (χ2n) is 5.19. The van der Waals surface area contributed by atoms with Gasteiger partial charge in [0.1, 0.15) is 0 Å². The summed E-state index contributed by atoms with van der Waals surface area (Å²) in [5.41, 5.74) is 0. The van der Waals surface area contributed by atoms with E-state index in [1.807, 2.05) is 0 Å². The van der Waals surface area contributed by atoms with Crippen LogP contribution in [0.4, 0.5) is 0 Å². The van der Waals surface area contributed by atoms with Crippen LogP contribution in [0.15, 0.2) is 44.2 Å². The van der Waals surface area contributed by atoms with Crippen LogP contribution in [-0.2, 0) is 21.3 Å². The quantitative estimate of drug-likeness (QED) is 0.696. The van der Waals surface area contributed by atoms with Crippen molar-refractivity contribution in [3.63, 3.8) is 0 Å². The first-order chi connectivity index (χ1) is 7.56. The molecule has 0 unspecified atom stereocenters. The SMILES string of the molecule is C[Si](C)(C)[O][Ti]([C]1=CC=CC1)[C]1=CC=CC1.Cl. The molecule has 0 aromatic rings. The Morgan fingerprint density at radius 2 is 1.47 bits per heavy atom. The minimum atomic E-state index is -1.61. The van der Waals surface area contributed by atoms with E-state index in [1.54, 1.807) is 7.76 Å². The van der Waals surface area contributed by atoms with Crippen LogP contribution in [0, 0.1) is 0 Å². The molecular formula is C13H20ClOSiTi. The zero-order chi connectivity index (χ0) is 11.6. The second-order valence-corrected chi connectivity index (χ2v) is 13.6. The van der Waals surface area contributed by atoms with Crippen molar-refractivity contribution in [3.8, 4) is 0 Å². The van der Waals surface area contributed by atoms with Crippen LogP contribution in [0.1, 0.15) is 12.8 Å². The van der Waals surface area contributed by atoms with Crippen LogP contribution in [0.5, 0.6) is 0 Å². The van der Waals surface area contributed by atoms with Gasteiger partial charge in [-0.3, -0.25) is 0 Å². The molecule has 17 heavy (non-hydrogen) atoms. The molecule has 0 aromatic heterocycles. The molecule has 1 nitrogen and oxygen atoms in total. The molecule has 0 fully saturated rings. The van der Waals surface area contributed by atoms with Gasteiger partial charge in [0.25, 0.3) is 0 Å². The van der Waals surface area contributed by atoms with Gasteiger partial charge in [-0.2, -0.15) is 0 Å². The Morgan fingerprint density at radius 3 is 1.76 bits per heavy atom. The van der Waals surface area contributed by atoms with E-state index < -0.39 is 26.6 Å². The van der Waals surface area contributed by atoms with Crippen molar-refractivity contribution in [1.82, 2.24) is 0 Å². The largest absolute Gasteiger partial charge is 0.147 e. The Morgan fingerprint density at radius 1 is 1.00 bits per heavy atom. The van der Waals surface area contributed by atoms with Gasteiger partial charge in [-0.25, -0.2) is 0 Å². The van der Waals surface area contributed by atoms with E-state index in [-0.39, 0.29) is 12.4 Å². The molecule has 93 valence electrons. The van der Waals surface area contributed by atoms with Crippen molar-refractivity contribution in [1.29, 1.82) is 0 Å². The fourth-order valence-corrected chi connectivity index (χ4v) is 9.21. The minimum absolute atomic E-state index is 0. The Labute approximate surface area is 118 Å². The second kappa shape index (κ2) is 6.35. The molecule has 0 bridgehead atoms. The standard InChI is InChI=1S/2C5H5.C3H9OSi.ClH.Ti/c2*1-2-4-5-3-1;1-5(2,3)4;;/h2*1-3H,4H2;1-3H3;1H;/q;;-1;;+1. The molecule has 0 saturated heterocycles. The summed E-state index contributed by atoms with van der Waals surface area (Å²) in [4.78, 5) is 0. The zero-order valence-electron chi connectivity index (χ0n) is 10.7. The Bertz CT molecular complexity index is 361. The number of allylic oxidation sites excluding steroid dienone is 8. The average Bonchev–Trinajstić information content (AvgIpc) is 2.86. The summed E-state index contributed by atoms with van der Waals surface area (Å²) < 4.78 is 9.66. The van der Waals surface area contributed by atoms with Crippen LogP contribution < -0.4 is 0 Å². The molecule has 0 amide bonds. The van der Waals surface area contributed by atoms with Crippen LogP contribution in [0.2, 0.25) is 19.6 Å². The first-order valence-electron chi connectivity index (χ1n) is 5.84. The molecule has 0 spiro atoms. The third kappa shape index (κ3) is 4.38.